The molecular formula is C9H18N2O3S. The van der Waals surface area contributed by atoms with Crippen LogP contribution < -0.4 is 0 Å². The van der Waals surface area contributed by atoms with Gasteiger partial charge in [0.2, 0.25) is 10.3 Å². The van der Waals surface area contributed by atoms with Crippen LogP contribution in [0.2, 0.25) is 0 Å². The molecule has 0 fully saturated rings. The van der Waals surface area contributed by atoms with Crippen molar-refractivity contribution in [3.8, 4) is 0 Å². The molecule has 15 heavy (non-hydrogen) atoms. The van der Waals surface area contributed by atoms with E-state index < -0.39 is 20.8 Å². The number of nitrogens with zero attached hydrogens (tertiary/aromatic N) is 2. The van der Waals surface area contributed by atoms with E-state index in [9.17, 15) is 13.5 Å². The summed E-state index contributed by atoms with van der Waals surface area (Å²) in [6.45, 7) is 3.82. The second kappa shape index (κ2) is 5.87. The quantitative estimate of drug-likeness (QED) is 0.429. The zero-order chi connectivity index (χ0) is 12.1. The summed E-state index contributed by atoms with van der Waals surface area (Å²) in [7, 11) is 1.17. The van der Waals surface area contributed by atoms with E-state index in [1.165, 1.54) is 0 Å². The van der Waals surface area contributed by atoms with Crippen LogP contribution in [0.1, 0.15) is 20.3 Å². The first-order valence-electron chi connectivity index (χ1n) is 4.59. The zero-order valence-electron chi connectivity index (χ0n) is 9.56. The van der Waals surface area contributed by atoms with Crippen LogP contribution >= 0.6 is 0 Å². The molecule has 0 saturated heterocycles. The van der Waals surface area contributed by atoms with Crippen molar-refractivity contribution in [2.45, 2.75) is 20.3 Å². The predicted octanol–water partition coefficient (Wildman–Crippen LogP) is 0.560. The highest BCUT2D eigenvalue weighted by molar-refractivity contribution is 7.72. The van der Waals surface area contributed by atoms with Gasteiger partial charge in [-0.25, -0.2) is 0 Å². The van der Waals surface area contributed by atoms with E-state index in [1.54, 1.807) is 25.1 Å². The Morgan fingerprint density at radius 3 is 2.40 bits per heavy atom. The Bertz CT molecular complexity index is 348. The van der Waals surface area contributed by atoms with Crippen LogP contribution in [0.15, 0.2) is 4.99 Å². The second-order valence-electron chi connectivity index (χ2n) is 4.16. The monoisotopic (exact) mass is 234 g/mol. The molecule has 0 aromatic heterocycles. The Hall–Kier alpha value is -0.880. The molecule has 0 aromatic carbocycles. The van der Waals surface area contributed by atoms with Crippen LogP contribution in [0.4, 0.5) is 0 Å². The molecule has 6 heteroatoms. The molecule has 88 valence electrons. The lowest BCUT2D eigenvalue weighted by atomic mass is 9.90. The van der Waals surface area contributed by atoms with Crippen LogP contribution in [0.5, 0.6) is 0 Å². The first-order valence-corrected chi connectivity index (χ1v) is 5.67. The average molecular weight is 234 g/mol. The molecule has 5 nitrogen and oxygen atoms in total. The molecule has 0 bridgehead atoms. The summed E-state index contributed by atoms with van der Waals surface area (Å²) >= 11 is 0. The minimum absolute atomic E-state index is 0.479. The van der Waals surface area contributed by atoms with Crippen LogP contribution in [-0.4, -0.2) is 50.5 Å². The van der Waals surface area contributed by atoms with Crippen molar-refractivity contribution in [1.82, 2.24) is 4.90 Å². The maximum Gasteiger partial charge on any atom is 0.241 e. The number of aliphatic imine (C=N–C) groups is 1. The lowest BCUT2D eigenvalue weighted by Crippen LogP contribution is -2.25. The summed E-state index contributed by atoms with van der Waals surface area (Å²) in [5, 5.41) is 8.79. The van der Waals surface area contributed by atoms with E-state index in [0.29, 0.717) is 13.0 Å². The van der Waals surface area contributed by atoms with Gasteiger partial charge >= 0.3 is 0 Å². The molecule has 0 atom stereocenters. The maximum atomic E-state index is 10.6. The number of hydrogen-bond donors (Lipinski definition) is 1. The molecule has 0 saturated carbocycles. The smallest absolute Gasteiger partial charge is 0.241 e. The summed E-state index contributed by atoms with van der Waals surface area (Å²) in [5.41, 5.74) is -0.754. The molecular weight excluding hydrogens is 216 g/mol. The topological polar surface area (TPSA) is 70.0 Å². The Labute approximate surface area is 92.0 Å². The molecule has 0 heterocycles. The van der Waals surface area contributed by atoms with Gasteiger partial charge in [-0.15, -0.1) is 0 Å². The van der Waals surface area contributed by atoms with Gasteiger partial charge in [0.1, 0.15) is 0 Å². The highest BCUT2D eigenvalue weighted by Gasteiger charge is 2.24. The van der Waals surface area contributed by atoms with Gasteiger partial charge in [0.05, 0.1) is 6.34 Å². The number of aliphatic hydroxyl groups excluding tert-OH is 1. The Morgan fingerprint density at radius 2 is 2.00 bits per heavy atom. The summed E-state index contributed by atoms with van der Waals surface area (Å²) in [6.07, 6.45) is 2.14. The molecule has 0 aliphatic heterocycles. The summed E-state index contributed by atoms with van der Waals surface area (Å²) < 4.78 is 21.1. The highest BCUT2D eigenvalue weighted by atomic mass is 32.2. The molecule has 0 spiro atoms. The van der Waals surface area contributed by atoms with Gasteiger partial charge in [-0.2, -0.15) is 8.42 Å². The van der Waals surface area contributed by atoms with Crippen LogP contribution in [-0.2, 0) is 10.3 Å². The van der Waals surface area contributed by atoms with Gasteiger partial charge in [-0.1, -0.05) is 13.8 Å². The highest BCUT2D eigenvalue weighted by Crippen LogP contribution is 2.20. The van der Waals surface area contributed by atoms with E-state index in [-0.39, 0.29) is 0 Å². The predicted molar refractivity (Wildman–Crippen MR) is 62.0 cm³/mol. The van der Waals surface area contributed by atoms with Gasteiger partial charge in [0.25, 0.3) is 0 Å². The molecule has 0 aromatic rings. The molecule has 0 rings (SSSR count). The molecule has 0 unspecified atom stereocenters. The summed E-state index contributed by atoms with van der Waals surface area (Å²) in [6, 6.07) is 0. The van der Waals surface area contributed by atoms with E-state index in [4.69, 9.17) is 0 Å². The van der Waals surface area contributed by atoms with Crippen molar-refractivity contribution in [3.63, 3.8) is 0 Å². The number of aliphatic hydroxyl groups is 1. The molecule has 1 N–H and O–H groups in total. The van der Waals surface area contributed by atoms with Crippen molar-refractivity contribution in [2.75, 3.05) is 20.6 Å². The van der Waals surface area contributed by atoms with Crippen molar-refractivity contribution in [3.05, 3.63) is 0 Å². The second-order valence-corrected chi connectivity index (χ2v) is 5.02. The van der Waals surface area contributed by atoms with Gasteiger partial charge in [0, 0.05) is 26.1 Å². The van der Waals surface area contributed by atoms with E-state index >= 15 is 0 Å². The van der Waals surface area contributed by atoms with Crippen molar-refractivity contribution in [2.24, 2.45) is 10.4 Å². The average Bonchev–Trinajstić information content (AvgIpc) is 2.10. The fourth-order valence-electron chi connectivity index (χ4n) is 0.898. The first-order chi connectivity index (χ1) is 6.77. The molecule has 0 aliphatic carbocycles. The molecule has 0 aliphatic rings. The standard InChI is InChI=1S/C9H18N2O3S/c1-9(2,8(12)15(13)14)5-6-10-7-11(3)4/h7,12H,5-6H2,1-4H3. The maximum absolute atomic E-state index is 10.6. The van der Waals surface area contributed by atoms with Crippen molar-refractivity contribution < 1.29 is 13.5 Å². The zero-order valence-corrected chi connectivity index (χ0v) is 10.4. The summed E-state index contributed by atoms with van der Waals surface area (Å²) in [4.78, 5) is 5.87. The minimum atomic E-state index is -2.53. The third kappa shape index (κ3) is 5.54. The van der Waals surface area contributed by atoms with E-state index in [1.807, 2.05) is 14.1 Å². The van der Waals surface area contributed by atoms with E-state index in [0.717, 1.165) is 0 Å². The van der Waals surface area contributed by atoms with E-state index in [2.05, 4.69) is 4.99 Å². The lowest BCUT2D eigenvalue weighted by molar-refractivity contribution is 0.392. The van der Waals surface area contributed by atoms with Gasteiger partial charge in [-0.3, -0.25) is 4.99 Å². The first kappa shape index (κ1) is 14.1. The Kier molecular flexibility index (Phi) is 5.53. The van der Waals surface area contributed by atoms with Gasteiger partial charge < -0.3 is 10.0 Å². The Balaban J connectivity index is 4.36. The van der Waals surface area contributed by atoms with Gasteiger partial charge in [0.15, 0.2) is 5.05 Å². The molecule has 0 amide bonds. The summed E-state index contributed by atoms with van der Waals surface area (Å²) in [5.74, 6) is 0. The third-order valence-corrected chi connectivity index (χ3v) is 2.78. The molecule has 0 radical (unpaired) electrons. The minimum Gasteiger partial charge on any atom is -0.369 e. The number of hydrogen-bond acceptors (Lipinski definition) is 3. The fraction of sp³-hybridized carbons (Fsp3) is 0.778. The van der Waals surface area contributed by atoms with Crippen LogP contribution in [0.3, 0.4) is 0 Å². The van der Waals surface area contributed by atoms with Crippen molar-refractivity contribution >= 4 is 21.7 Å². The normalized spacial score (nSPS) is 11.8. The SMILES string of the molecule is CN(C)C=NCCC(C)(C)C(O)=S(=O)=O. The van der Waals surface area contributed by atoms with Crippen LogP contribution in [0, 0.1) is 5.41 Å². The number of rotatable bonds is 5. The van der Waals surface area contributed by atoms with Crippen LogP contribution in [0.25, 0.3) is 0 Å². The lowest BCUT2D eigenvalue weighted by Gasteiger charge is -2.19. The van der Waals surface area contributed by atoms with Gasteiger partial charge in [-0.05, 0) is 6.42 Å². The fourth-order valence-corrected chi connectivity index (χ4v) is 1.45. The van der Waals surface area contributed by atoms with Crippen molar-refractivity contribution in [1.29, 1.82) is 0 Å². The third-order valence-electron chi connectivity index (χ3n) is 1.92. The Morgan fingerprint density at radius 1 is 1.47 bits per heavy atom. The largest absolute Gasteiger partial charge is 0.369 e.